The van der Waals surface area contributed by atoms with E-state index in [0.29, 0.717) is 22.6 Å². The van der Waals surface area contributed by atoms with E-state index in [4.69, 9.17) is 0 Å². The second-order valence-electron chi connectivity index (χ2n) is 7.46. The van der Waals surface area contributed by atoms with Crippen molar-refractivity contribution in [3.63, 3.8) is 0 Å². The van der Waals surface area contributed by atoms with Gasteiger partial charge in [-0.05, 0) is 54.6 Å². The monoisotopic (exact) mass is 448 g/mol. The molecular weight excluding hydrogens is 432 g/mol. The molecule has 5 rings (SSSR count). The third kappa shape index (κ3) is 4.41. The Morgan fingerprint density at radius 2 is 1.61 bits per heavy atom. The van der Waals surface area contributed by atoms with Crippen LogP contribution in [-0.4, -0.2) is 15.0 Å². The first kappa shape index (κ1) is 20.7. The molecule has 3 aromatic carbocycles. The number of anilines is 2. The van der Waals surface area contributed by atoms with Gasteiger partial charge in [-0.1, -0.05) is 24.3 Å². The maximum atomic E-state index is 13.1. The zero-order valence-corrected chi connectivity index (χ0v) is 17.0. The molecule has 0 unspecified atom stereocenters. The number of nitrogens with one attached hydrogen (secondary N) is 2. The molecule has 0 aliphatic carbocycles. The normalized spacial score (nSPS) is 11.6. The molecule has 164 valence electrons. The Labute approximate surface area is 186 Å². The van der Waals surface area contributed by atoms with Gasteiger partial charge in [0.25, 0.3) is 0 Å². The standard InChI is InChI=1S/C25H16F4N4/c26-18-7-11-21(30-14-18)15-4-8-19(9-5-15)31-20-3-1-2-16(12-20)24-32-22-10-6-17(25(27,28)29)13-23(22)33-24/h1-14,31H,(H,32,33). The van der Waals surface area contributed by atoms with Gasteiger partial charge in [-0.2, -0.15) is 13.2 Å². The lowest BCUT2D eigenvalue weighted by molar-refractivity contribution is -0.137. The third-order valence-corrected chi connectivity index (χ3v) is 5.14. The number of aromatic nitrogens is 3. The molecule has 8 heteroatoms. The molecule has 0 fully saturated rings. The van der Waals surface area contributed by atoms with Crippen molar-refractivity contribution in [3.05, 3.63) is 96.4 Å². The summed E-state index contributed by atoms with van der Waals surface area (Å²) in [5.41, 5.74) is 3.94. The highest BCUT2D eigenvalue weighted by atomic mass is 19.4. The van der Waals surface area contributed by atoms with E-state index in [2.05, 4.69) is 20.3 Å². The Morgan fingerprint density at radius 3 is 2.33 bits per heavy atom. The second-order valence-corrected chi connectivity index (χ2v) is 7.46. The van der Waals surface area contributed by atoms with Crippen molar-refractivity contribution in [2.45, 2.75) is 6.18 Å². The number of halogens is 4. The van der Waals surface area contributed by atoms with E-state index in [9.17, 15) is 17.6 Å². The van der Waals surface area contributed by atoms with E-state index in [1.54, 1.807) is 6.07 Å². The van der Waals surface area contributed by atoms with Crippen LogP contribution in [0.5, 0.6) is 0 Å². The minimum Gasteiger partial charge on any atom is -0.356 e. The van der Waals surface area contributed by atoms with Gasteiger partial charge in [0.2, 0.25) is 0 Å². The van der Waals surface area contributed by atoms with Crippen molar-refractivity contribution < 1.29 is 17.6 Å². The molecule has 0 radical (unpaired) electrons. The summed E-state index contributed by atoms with van der Waals surface area (Å²) in [7, 11) is 0. The van der Waals surface area contributed by atoms with Crippen LogP contribution >= 0.6 is 0 Å². The summed E-state index contributed by atoms with van der Waals surface area (Å²) in [6.07, 6.45) is -3.24. The first-order valence-electron chi connectivity index (χ1n) is 10.0. The van der Waals surface area contributed by atoms with Gasteiger partial charge >= 0.3 is 6.18 Å². The fourth-order valence-corrected chi connectivity index (χ4v) is 3.50. The highest BCUT2D eigenvalue weighted by Crippen LogP contribution is 2.32. The molecule has 0 spiro atoms. The van der Waals surface area contributed by atoms with Crippen molar-refractivity contribution in [1.82, 2.24) is 15.0 Å². The number of pyridine rings is 1. The number of rotatable bonds is 4. The van der Waals surface area contributed by atoms with Crippen molar-refractivity contribution in [1.29, 1.82) is 0 Å². The van der Waals surface area contributed by atoms with Gasteiger partial charge in [-0.3, -0.25) is 4.98 Å². The van der Waals surface area contributed by atoms with Crippen molar-refractivity contribution >= 4 is 22.4 Å². The molecule has 0 bridgehead atoms. The van der Waals surface area contributed by atoms with Gasteiger partial charge in [0.1, 0.15) is 11.6 Å². The predicted octanol–water partition coefficient (Wildman–Crippen LogP) is 7.19. The molecule has 4 nitrogen and oxygen atoms in total. The quantitative estimate of drug-likeness (QED) is 0.286. The Balaban J connectivity index is 1.37. The maximum Gasteiger partial charge on any atom is 0.416 e. The molecule has 0 saturated heterocycles. The molecule has 2 heterocycles. The number of hydrogen-bond donors (Lipinski definition) is 2. The SMILES string of the molecule is Fc1ccc(-c2ccc(Nc3cccc(-c4nc5ccc(C(F)(F)F)cc5[nH]4)c3)cc2)nc1. The van der Waals surface area contributed by atoms with E-state index in [1.807, 2.05) is 48.5 Å². The lowest BCUT2D eigenvalue weighted by Crippen LogP contribution is -2.04. The van der Waals surface area contributed by atoms with Crippen LogP contribution in [0, 0.1) is 5.82 Å². The first-order valence-corrected chi connectivity index (χ1v) is 10.0. The van der Waals surface area contributed by atoms with Crippen LogP contribution in [0.4, 0.5) is 28.9 Å². The van der Waals surface area contributed by atoms with E-state index >= 15 is 0 Å². The van der Waals surface area contributed by atoms with Gasteiger partial charge in [-0.15, -0.1) is 0 Å². The number of benzene rings is 3. The molecule has 2 N–H and O–H groups in total. The number of alkyl halides is 3. The van der Waals surface area contributed by atoms with E-state index in [-0.39, 0.29) is 5.82 Å². The average Bonchev–Trinajstić information content (AvgIpc) is 3.24. The second kappa shape index (κ2) is 8.05. The summed E-state index contributed by atoms with van der Waals surface area (Å²) in [4.78, 5) is 11.5. The van der Waals surface area contributed by atoms with E-state index < -0.39 is 11.7 Å². The van der Waals surface area contributed by atoms with Crippen LogP contribution in [-0.2, 0) is 6.18 Å². The summed E-state index contributed by atoms with van der Waals surface area (Å²) < 4.78 is 52.0. The van der Waals surface area contributed by atoms with Gasteiger partial charge in [0.15, 0.2) is 0 Å². The van der Waals surface area contributed by atoms with Crippen LogP contribution in [0.1, 0.15) is 5.56 Å². The zero-order chi connectivity index (χ0) is 23.0. The Morgan fingerprint density at radius 1 is 0.788 bits per heavy atom. The van der Waals surface area contributed by atoms with Gasteiger partial charge in [0, 0.05) is 22.5 Å². The molecule has 0 saturated carbocycles. The first-order chi connectivity index (χ1) is 15.8. The summed E-state index contributed by atoms with van der Waals surface area (Å²) in [6.45, 7) is 0. The molecule has 33 heavy (non-hydrogen) atoms. The summed E-state index contributed by atoms with van der Waals surface area (Å²) in [5.74, 6) is 0.0906. The van der Waals surface area contributed by atoms with E-state index in [1.165, 1.54) is 18.3 Å². The topological polar surface area (TPSA) is 53.6 Å². The number of H-pyrrole nitrogens is 1. The summed E-state index contributed by atoms with van der Waals surface area (Å²) in [5, 5.41) is 3.29. The van der Waals surface area contributed by atoms with Crippen LogP contribution in [0.2, 0.25) is 0 Å². The average molecular weight is 448 g/mol. The zero-order valence-electron chi connectivity index (χ0n) is 17.0. The van der Waals surface area contributed by atoms with Crippen LogP contribution in [0.3, 0.4) is 0 Å². The maximum absolute atomic E-state index is 13.1. The van der Waals surface area contributed by atoms with Gasteiger partial charge in [-0.25, -0.2) is 9.37 Å². The molecule has 0 amide bonds. The Bertz CT molecular complexity index is 1420. The molecule has 5 aromatic rings. The minimum atomic E-state index is -4.41. The number of hydrogen-bond acceptors (Lipinski definition) is 3. The highest BCUT2D eigenvalue weighted by molar-refractivity contribution is 5.81. The van der Waals surface area contributed by atoms with Crippen LogP contribution < -0.4 is 5.32 Å². The van der Waals surface area contributed by atoms with Crippen LogP contribution in [0.25, 0.3) is 33.7 Å². The fourth-order valence-electron chi connectivity index (χ4n) is 3.50. The highest BCUT2D eigenvalue weighted by Gasteiger charge is 2.30. The summed E-state index contributed by atoms with van der Waals surface area (Å²) in [6, 6.07) is 21.3. The summed E-state index contributed by atoms with van der Waals surface area (Å²) >= 11 is 0. The predicted molar refractivity (Wildman–Crippen MR) is 119 cm³/mol. The Hall–Kier alpha value is -4.20. The Kier molecular flexibility index (Phi) is 5.05. The van der Waals surface area contributed by atoms with Crippen molar-refractivity contribution in [2.75, 3.05) is 5.32 Å². The number of imidazole rings is 1. The minimum absolute atomic E-state index is 0.322. The third-order valence-electron chi connectivity index (χ3n) is 5.14. The molecule has 2 aromatic heterocycles. The lowest BCUT2D eigenvalue weighted by Gasteiger charge is -2.09. The van der Waals surface area contributed by atoms with Gasteiger partial charge < -0.3 is 10.3 Å². The van der Waals surface area contributed by atoms with Gasteiger partial charge in [0.05, 0.1) is 28.5 Å². The smallest absolute Gasteiger partial charge is 0.356 e. The van der Waals surface area contributed by atoms with E-state index in [0.717, 1.165) is 34.6 Å². The molecule has 0 aliphatic heterocycles. The molecule has 0 atom stereocenters. The number of nitrogens with zero attached hydrogens (tertiary/aromatic N) is 2. The van der Waals surface area contributed by atoms with Crippen LogP contribution in [0.15, 0.2) is 85.1 Å². The van der Waals surface area contributed by atoms with Crippen molar-refractivity contribution in [3.8, 4) is 22.6 Å². The lowest BCUT2D eigenvalue weighted by atomic mass is 10.1. The largest absolute Gasteiger partial charge is 0.416 e. The number of fused-ring (bicyclic) bond motifs is 1. The number of aromatic amines is 1. The van der Waals surface area contributed by atoms with Crippen molar-refractivity contribution in [2.24, 2.45) is 0 Å². The molecular formula is C25H16F4N4. The molecule has 0 aliphatic rings. The fraction of sp³-hybridized carbons (Fsp3) is 0.0400.